The number of oxazole rings is 1. The van der Waals surface area contributed by atoms with E-state index in [1.165, 1.54) is 12.1 Å². The number of halogens is 2. The number of aryl methyl sites for hydroxylation is 1. The van der Waals surface area contributed by atoms with Crippen LogP contribution in [0.4, 0.5) is 20.4 Å². The van der Waals surface area contributed by atoms with Crippen molar-refractivity contribution in [2.45, 2.75) is 32.4 Å². The van der Waals surface area contributed by atoms with E-state index >= 15 is 0 Å². The van der Waals surface area contributed by atoms with Gasteiger partial charge in [0, 0.05) is 24.8 Å². The molecule has 38 heavy (non-hydrogen) atoms. The highest BCUT2D eigenvalue weighted by Gasteiger charge is 2.30. The number of hydrogen-bond donors (Lipinski definition) is 1. The minimum absolute atomic E-state index is 0.316. The van der Waals surface area contributed by atoms with Gasteiger partial charge in [-0.1, -0.05) is 12.1 Å². The lowest BCUT2D eigenvalue weighted by molar-refractivity contribution is 0.414. The number of fused-ring (bicyclic) bond motifs is 1. The molecule has 0 saturated carbocycles. The van der Waals surface area contributed by atoms with E-state index in [-0.39, 0.29) is 6.04 Å². The van der Waals surface area contributed by atoms with E-state index in [0.717, 1.165) is 29.5 Å². The van der Waals surface area contributed by atoms with Crippen LogP contribution in [0, 0.1) is 18.6 Å². The molecule has 1 saturated heterocycles. The zero-order valence-electron chi connectivity index (χ0n) is 21.0. The van der Waals surface area contributed by atoms with Crippen molar-refractivity contribution in [2.24, 2.45) is 0 Å². The summed E-state index contributed by atoms with van der Waals surface area (Å²) >= 11 is 0. The maximum absolute atomic E-state index is 14.7. The van der Waals surface area contributed by atoms with Gasteiger partial charge in [-0.2, -0.15) is 0 Å². The van der Waals surface area contributed by atoms with Gasteiger partial charge in [-0.25, -0.2) is 23.3 Å². The summed E-state index contributed by atoms with van der Waals surface area (Å²) in [6, 6.07) is 12.9. The van der Waals surface area contributed by atoms with Gasteiger partial charge in [-0.05, 0) is 61.7 Å². The van der Waals surface area contributed by atoms with Crippen LogP contribution in [-0.4, -0.2) is 33.2 Å². The van der Waals surface area contributed by atoms with Gasteiger partial charge in [0.2, 0.25) is 5.89 Å². The lowest BCUT2D eigenvalue weighted by Gasteiger charge is -2.26. The summed E-state index contributed by atoms with van der Waals surface area (Å²) < 4.78 is 41.3. The molecule has 6 rings (SSSR count). The fourth-order valence-corrected chi connectivity index (χ4v) is 4.93. The number of methoxy groups -OCH3 is 1. The Balaban J connectivity index is 1.38. The molecule has 1 N–H and O–H groups in total. The maximum Gasteiger partial charge on any atom is 0.233 e. The molecule has 4 heterocycles. The average Bonchev–Trinajstić information content (AvgIpc) is 3.66. The summed E-state index contributed by atoms with van der Waals surface area (Å²) in [4.78, 5) is 11.5. The molecule has 0 amide bonds. The molecule has 1 atom stereocenters. The molecule has 0 radical (unpaired) electrons. The molecule has 8 nitrogen and oxygen atoms in total. The Morgan fingerprint density at radius 3 is 2.71 bits per heavy atom. The Hall–Kier alpha value is -4.47. The first-order valence-corrected chi connectivity index (χ1v) is 12.4. The van der Waals surface area contributed by atoms with Gasteiger partial charge in [0.1, 0.15) is 35.0 Å². The third-order valence-electron chi connectivity index (χ3n) is 6.79. The summed E-state index contributed by atoms with van der Waals surface area (Å²) in [5, 5.41) is 8.09. The summed E-state index contributed by atoms with van der Waals surface area (Å²) in [6.07, 6.45) is 4.94. The van der Waals surface area contributed by atoms with Crippen molar-refractivity contribution in [3.63, 3.8) is 0 Å². The van der Waals surface area contributed by atoms with Crippen LogP contribution in [0.3, 0.4) is 0 Å². The van der Waals surface area contributed by atoms with Crippen LogP contribution in [0.1, 0.15) is 35.7 Å². The van der Waals surface area contributed by atoms with E-state index in [2.05, 4.69) is 10.3 Å². The molecule has 3 aromatic heterocycles. The van der Waals surface area contributed by atoms with Gasteiger partial charge in [0.05, 0.1) is 18.8 Å². The molecular weight excluding hydrogens is 490 g/mol. The van der Waals surface area contributed by atoms with Crippen molar-refractivity contribution in [3.8, 4) is 17.2 Å². The number of rotatable bonds is 7. The Morgan fingerprint density at radius 2 is 1.95 bits per heavy atom. The van der Waals surface area contributed by atoms with Crippen LogP contribution in [0.5, 0.6) is 5.75 Å². The molecule has 0 bridgehead atoms. The predicted octanol–water partition coefficient (Wildman–Crippen LogP) is 5.93. The monoisotopic (exact) mass is 516 g/mol. The van der Waals surface area contributed by atoms with Gasteiger partial charge in [0.15, 0.2) is 11.5 Å². The SMILES string of the molecule is COc1ccc(CNc2nn3ccc(N4CCCC4c4cc(F)ccc4F)nc3c2-c2nc(C)co2)cc1. The third kappa shape index (κ3) is 4.42. The minimum atomic E-state index is -0.457. The Labute approximate surface area is 217 Å². The zero-order chi connectivity index (χ0) is 26.2. The van der Waals surface area contributed by atoms with Crippen LogP contribution in [0.2, 0.25) is 0 Å². The van der Waals surface area contributed by atoms with E-state index in [1.54, 1.807) is 17.9 Å². The van der Waals surface area contributed by atoms with Gasteiger partial charge < -0.3 is 19.4 Å². The Kier molecular flexibility index (Phi) is 6.15. The van der Waals surface area contributed by atoms with Gasteiger partial charge in [0.25, 0.3) is 0 Å². The molecule has 1 aliphatic rings. The summed E-state index contributed by atoms with van der Waals surface area (Å²) in [5.74, 6) is 1.52. The van der Waals surface area contributed by atoms with Gasteiger partial charge in [-0.3, -0.25) is 0 Å². The number of hydrogen-bond acceptors (Lipinski definition) is 7. The second-order valence-corrected chi connectivity index (χ2v) is 9.29. The summed E-state index contributed by atoms with van der Waals surface area (Å²) in [6.45, 7) is 3.04. The van der Waals surface area contributed by atoms with Crippen LogP contribution < -0.4 is 15.0 Å². The molecular formula is C28H26F2N6O2. The molecule has 5 aromatic rings. The number of aromatic nitrogens is 4. The van der Waals surface area contributed by atoms with Gasteiger partial charge >= 0.3 is 0 Å². The van der Waals surface area contributed by atoms with E-state index in [0.29, 0.717) is 53.8 Å². The predicted molar refractivity (Wildman–Crippen MR) is 139 cm³/mol. The number of benzene rings is 2. The summed E-state index contributed by atoms with van der Waals surface area (Å²) in [7, 11) is 1.63. The van der Waals surface area contributed by atoms with Crippen molar-refractivity contribution in [1.82, 2.24) is 19.6 Å². The standard InChI is InChI=1S/C28H26F2N6O2/c1-17-16-38-28(32-17)25-26(31-15-18-5-8-20(37-2)9-6-18)34-36-13-11-24(33-27(25)36)35-12-3-4-23(35)21-14-19(29)7-10-22(21)30/h5-11,13-14,16,23H,3-4,12,15H2,1-2H3,(H,31,34). The van der Waals surface area contributed by atoms with Crippen molar-refractivity contribution in [3.05, 3.63) is 89.4 Å². The van der Waals surface area contributed by atoms with E-state index in [9.17, 15) is 8.78 Å². The number of nitrogens with one attached hydrogen (secondary N) is 1. The molecule has 1 fully saturated rings. The second-order valence-electron chi connectivity index (χ2n) is 9.29. The molecule has 2 aromatic carbocycles. The Bertz CT molecular complexity index is 1600. The minimum Gasteiger partial charge on any atom is -0.497 e. The van der Waals surface area contributed by atoms with E-state index < -0.39 is 11.6 Å². The van der Waals surface area contributed by atoms with Crippen molar-refractivity contribution < 1.29 is 17.9 Å². The fourth-order valence-electron chi connectivity index (χ4n) is 4.93. The lowest BCUT2D eigenvalue weighted by Crippen LogP contribution is -2.24. The first-order valence-electron chi connectivity index (χ1n) is 12.4. The first-order chi connectivity index (χ1) is 18.5. The largest absolute Gasteiger partial charge is 0.497 e. The van der Waals surface area contributed by atoms with E-state index in [1.807, 2.05) is 48.4 Å². The molecule has 0 aliphatic carbocycles. The normalized spacial score (nSPS) is 15.4. The number of anilines is 2. The average molecular weight is 517 g/mol. The maximum atomic E-state index is 14.7. The quantitative estimate of drug-likeness (QED) is 0.287. The highest BCUT2D eigenvalue weighted by Crippen LogP contribution is 2.38. The highest BCUT2D eigenvalue weighted by molar-refractivity contribution is 5.83. The molecule has 0 spiro atoms. The smallest absolute Gasteiger partial charge is 0.233 e. The summed E-state index contributed by atoms with van der Waals surface area (Å²) in [5.41, 5.74) is 3.29. The molecule has 1 aliphatic heterocycles. The van der Waals surface area contributed by atoms with Gasteiger partial charge in [-0.15, -0.1) is 5.10 Å². The van der Waals surface area contributed by atoms with Crippen molar-refractivity contribution >= 4 is 17.3 Å². The number of nitrogens with zero attached hydrogens (tertiary/aromatic N) is 5. The van der Waals surface area contributed by atoms with Crippen LogP contribution in [0.25, 0.3) is 17.1 Å². The third-order valence-corrected chi connectivity index (χ3v) is 6.79. The highest BCUT2D eigenvalue weighted by atomic mass is 19.1. The first kappa shape index (κ1) is 23.9. The zero-order valence-corrected chi connectivity index (χ0v) is 21.0. The van der Waals surface area contributed by atoms with E-state index in [4.69, 9.17) is 19.2 Å². The topological polar surface area (TPSA) is 80.7 Å². The molecule has 10 heteroatoms. The molecule has 194 valence electrons. The van der Waals surface area contributed by atoms with Crippen LogP contribution in [0.15, 0.2) is 65.4 Å². The number of ether oxygens (including phenoxy) is 1. The molecule has 1 unspecified atom stereocenters. The van der Waals surface area contributed by atoms with Crippen LogP contribution >= 0.6 is 0 Å². The van der Waals surface area contributed by atoms with Crippen molar-refractivity contribution in [1.29, 1.82) is 0 Å². The Morgan fingerprint density at radius 1 is 1.11 bits per heavy atom. The fraction of sp³-hybridized carbons (Fsp3) is 0.250. The lowest BCUT2D eigenvalue weighted by atomic mass is 10.0. The van der Waals surface area contributed by atoms with Crippen molar-refractivity contribution in [2.75, 3.05) is 23.9 Å². The van der Waals surface area contributed by atoms with Crippen LogP contribution in [-0.2, 0) is 6.54 Å². The second kappa shape index (κ2) is 9.77.